The number of aryl methyl sites for hydroxylation is 1. The average molecular weight is 211 g/mol. The van der Waals surface area contributed by atoms with Gasteiger partial charge in [0.1, 0.15) is 6.04 Å². The summed E-state index contributed by atoms with van der Waals surface area (Å²) < 4.78 is 4.84. The van der Waals surface area contributed by atoms with E-state index in [1.165, 1.54) is 13.2 Å². The predicted molar refractivity (Wildman–Crippen MR) is 52.3 cm³/mol. The van der Waals surface area contributed by atoms with Crippen molar-refractivity contribution in [2.24, 2.45) is 0 Å². The maximum atomic E-state index is 11.2. The molecule has 1 rings (SSSR count). The highest BCUT2D eigenvalue weighted by molar-refractivity contribution is 5.83. The van der Waals surface area contributed by atoms with Gasteiger partial charge in [-0.1, -0.05) is 0 Å². The number of hydrogen-bond acceptors (Lipinski definition) is 3. The highest BCUT2D eigenvalue weighted by Gasteiger charge is 2.13. The smallest absolute Gasteiger partial charge is 0.325 e. The van der Waals surface area contributed by atoms with E-state index in [0.717, 1.165) is 5.56 Å². The van der Waals surface area contributed by atoms with Crippen molar-refractivity contribution in [1.82, 2.24) is 5.32 Å². The van der Waals surface area contributed by atoms with Crippen LogP contribution < -0.4 is 5.32 Å². The molecule has 0 saturated heterocycles. The van der Waals surface area contributed by atoms with Crippen LogP contribution in [0.4, 0.5) is 0 Å². The minimum atomic E-state index is -1.04. The van der Waals surface area contributed by atoms with E-state index in [4.69, 9.17) is 9.52 Å². The number of amides is 1. The van der Waals surface area contributed by atoms with Crippen LogP contribution in [0, 0.1) is 0 Å². The van der Waals surface area contributed by atoms with Crippen LogP contribution in [0.3, 0.4) is 0 Å². The minimum Gasteiger partial charge on any atom is -0.480 e. The fraction of sp³-hybridized carbons (Fsp3) is 0.400. The highest BCUT2D eigenvalue weighted by atomic mass is 16.4. The minimum absolute atomic E-state index is 0.261. The molecular formula is C10H13NO4. The van der Waals surface area contributed by atoms with Crippen molar-refractivity contribution in [3.63, 3.8) is 0 Å². The molecule has 2 N–H and O–H groups in total. The molecule has 0 spiro atoms. The molecule has 5 nitrogen and oxygen atoms in total. The van der Waals surface area contributed by atoms with E-state index in [2.05, 4.69) is 5.32 Å². The van der Waals surface area contributed by atoms with Gasteiger partial charge in [0.15, 0.2) is 0 Å². The highest BCUT2D eigenvalue weighted by Crippen LogP contribution is 2.03. The van der Waals surface area contributed by atoms with Crippen molar-refractivity contribution in [2.45, 2.75) is 25.8 Å². The summed E-state index contributed by atoms with van der Waals surface area (Å²) in [6.07, 6.45) is 3.91. The molecule has 1 atom stereocenters. The van der Waals surface area contributed by atoms with Crippen LogP contribution in [0.25, 0.3) is 0 Å². The Hall–Kier alpha value is -1.78. The largest absolute Gasteiger partial charge is 0.480 e. The van der Waals surface area contributed by atoms with E-state index >= 15 is 0 Å². The summed E-state index contributed by atoms with van der Waals surface area (Å²) in [6.45, 7) is 1.43. The molecule has 0 saturated carbocycles. The van der Waals surface area contributed by atoms with Gasteiger partial charge in [0.25, 0.3) is 0 Å². The van der Waals surface area contributed by atoms with E-state index in [9.17, 15) is 9.59 Å². The van der Waals surface area contributed by atoms with Gasteiger partial charge in [-0.3, -0.25) is 9.59 Å². The van der Waals surface area contributed by atoms with Crippen LogP contribution in [0.2, 0.25) is 0 Å². The van der Waals surface area contributed by atoms with Crippen molar-refractivity contribution in [3.8, 4) is 0 Å². The summed E-state index contributed by atoms with van der Waals surface area (Å²) in [4.78, 5) is 21.7. The van der Waals surface area contributed by atoms with Gasteiger partial charge in [-0.15, -0.1) is 0 Å². The van der Waals surface area contributed by atoms with Crippen LogP contribution in [-0.2, 0) is 16.0 Å². The van der Waals surface area contributed by atoms with E-state index < -0.39 is 12.0 Å². The molecule has 0 aliphatic rings. The third-order valence-corrected chi connectivity index (χ3v) is 1.97. The topological polar surface area (TPSA) is 79.5 Å². The number of aliphatic carboxylic acids is 1. The average Bonchev–Trinajstić information content (AvgIpc) is 2.66. The molecule has 82 valence electrons. The second kappa shape index (κ2) is 5.19. The van der Waals surface area contributed by atoms with Gasteiger partial charge >= 0.3 is 5.97 Å². The van der Waals surface area contributed by atoms with Crippen molar-refractivity contribution in [3.05, 3.63) is 24.2 Å². The normalized spacial score (nSPS) is 12.1. The summed E-state index contributed by atoms with van der Waals surface area (Å²) in [5.74, 6) is -1.31. The lowest BCUT2D eigenvalue weighted by molar-refractivity contribution is -0.141. The van der Waals surface area contributed by atoms with Crippen LogP contribution in [0.5, 0.6) is 0 Å². The number of carboxylic acids is 1. The second-order valence-corrected chi connectivity index (χ2v) is 3.26. The van der Waals surface area contributed by atoms with Gasteiger partial charge in [-0.2, -0.15) is 0 Å². The first kappa shape index (κ1) is 11.3. The first-order valence-corrected chi connectivity index (χ1v) is 4.63. The standard InChI is InChI=1S/C10H13NO4/c1-7(10(13)14)11-9(12)3-2-8-4-5-15-6-8/h4-7H,2-3H2,1H3,(H,11,12)(H,13,14)/t7-/m0/s1. The Labute approximate surface area is 87.1 Å². The van der Waals surface area contributed by atoms with Gasteiger partial charge in [-0.05, 0) is 25.0 Å². The van der Waals surface area contributed by atoms with Gasteiger partial charge in [0.05, 0.1) is 12.5 Å². The number of furan rings is 1. The van der Waals surface area contributed by atoms with Crippen LogP contribution in [-0.4, -0.2) is 23.0 Å². The Kier molecular flexibility index (Phi) is 3.91. The zero-order valence-corrected chi connectivity index (χ0v) is 8.40. The molecule has 0 radical (unpaired) electrons. The molecule has 0 bridgehead atoms. The first-order chi connectivity index (χ1) is 7.09. The maximum Gasteiger partial charge on any atom is 0.325 e. The molecule has 0 aromatic carbocycles. The molecular weight excluding hydrogens is 198 g/mol. The van der Waals surface area contributed by atoms with Gasteiger partial charge in [0, 0.05) is 6.42 Å². The zero-order chi connectivity index (χ0) is 11.3. The number of carbonyl (C=O) groups excluding carboxylic acids is 1. The lowest BCUT2D eigenvalue weighted by Gasteiger charge is -2.08. The molecule has 5 heteroatoms. The number of carboxylic acid groups (broad SMARTS) is 1. The monoisotopic (exact) mass is 211 g/mol. The van der Waals surface area contributed by atoms with Crippen molar-refractivity contribution in [2.75, 3.05) is 0 Å². The summed E-state index contributed by atoms with van der Waals surface area (Å²) in [6, 6.07) is 0.926. The maximum absolute atomic E-state index is 11.2. The number of nitrogens with one attached hydrogen (secondary N) is 1. The molecule has 15 heavy (non-hydrogen) atoms. The van der Waals surface area contributed by atoms with Gasteiger partial charge < -0.3 is 14.8 Å². The molecule has 1 heterocycles. The Morgan fingerprint density at radius 3 is 2.87 bits per heavy atom. The van der Waals surface area contributed by atoms with E-state index in [1.54, 1.807) is 12.3 Å². The first-order valence-electron chi connectivity index (χ1n) is 4.63. The fourth-order valence-corrected chi connectivity index (χ4v) is 1.07. The lowest BCUT2D eigenvalue weighted by Crippen LogP contribution is -2.38. The fourth-order valence-electron chi connectivity index (χ4n) is 1.07. The third kappa shape index (κ3) is 3.84. The Bertz CT molecular complexity index is 331. The second-order valence-electron chi connectivity index (χ2n) is 3.26. The summed E-state index contributed by atoms with van der Waals surface area (Å²) in [5.41, 5.74) is 0.924. The molecule has 1 aromatic rings. The van der Waals surface area contributed by atoms with E-state index in [-0.39, 0.29) is 12.3 Å². The van der Waals surface area contributed by atoms with Crippen molar-refractivity contribution < 1.29 is 19.1 Å². The third-order valence-electron chi connectivity index (χ3n) is 1.97. The molecule has 0 aliphatic carbocycles. The number of carbonyl (C=O) groups is 2. The zero-order valence-electron chi connectivity index (χ0n) is 8.40. The number of rotatable bonds is 5. The van der Waals surface area contributed by atoms with Crippen LogP contribution in [0.15, 0.2) is 23.0 Å². The van der Waals surface area contributed by atoms with Gasteiger partial charge in [-0.25, -0.2) is 0 Å². The molecule has 0 fully saturated rings. The van der Waals surface area contributed by atoms with Crippen LogP contribution in [0.1, 0.15) is 18.9 Å². The van der Waals surface area contributed by atoms with Gasteiger partial charge in [0.2, 0.25) is 5.91 Å². The summed E-state index contributed by atoms with van der Waals surface area (Å²) in [7, 11) is 0. The molecule has 1 amide bonds. The lowest BCUT2D eigenvalue weighted by atomic mass is 10.2. The molecule has 0 aliphatic heterocycles. The summed E-state index contributed by atoms with van der Waals surface area (Å²) in [5, 5.41) is 10.9. The Balaban J connectivity index is 2.28. The summed E-state index contributed by atoms with van der Waals surface area (Å²) >= 11 is 0. The van der Waals surface area contributed by atoms with Crippen molar-refractivity contribution in [1.29, 1.82) is 0 Å². The predicted octanol–water partition coefficient (Wildman–Crippen LogP) is 0.802. The Morgan fingerprint density at radius 1 is 1.60 bits per heavy atom. The quantitative estimate of drug-likeness (QED) is 0.755. The molecule has 0 unspecified atom stereocenters. The van der Waals surface area contributed by atoms with Crippen LogP contribution >= 0.6 is 0 Å². The molecule has 1 aromatic heterocycles. The Morgan fingerprint density at radius 2 is 2.33 bits per heavy atom. The number of hydrogen-bond donors (Lipinski definition) is 2. The van der Waals surface area contributed by atoms with Crippen molar-refractivity contribution >= 4 is 11.9 Å². The SMILES string of the molecule is C[C@H](NC(=O)CCc1ccoc1)C(=O)O. The van der Waals surface area contributed by atoms with E-state index in [0.29, 0.717) is 6.42 Å². The van der Waals surface area contributed by atoms with E-state index in [1.807, 2.05) is 0 Å².